The SMILES string of the molecule is C#CCCC(NC(=O)[C@@H]1CC(C)(C)C(C)CN1C(=O)[C@@H](NC(=O)NC1(CS(=O)(=O)C(C)(C)C)CCCCC1)C(C)(C)C)C(=O)C(=O)NCC#C. The Balaban J connectivity index is 2.43. The molecule has 2 aliphatic rings. The highest BCUT2D eigenvalue weighted by Gasteiger charge is 2.48. The fourth-order valence-electron chi connectivity index (χ4n) is 6.43. The molecule has 0 radical (unpaired) electrons. The Morgan fingerprint density at radius 1 is 0.940 bits per heavy atom. The molecule has 1 heterocycles. The number of amides is 5. The number of urea groups is 1. The van der Waals surface area contributed by atoms with Crippen LogP contribution in [0.1, 0.15) is 114 Å². The van der Waals surface area contributed by atoms with E-state index in [9.17, 15) is 32.4 Å². The molecule has 0 bridgehead atoms. The molecule has 50 heavy (non-hydrogen) atoms. The van der Waals surface area contributed by atoms with E-state index in [1.165, 1.54) is 4.90 Å². The summed E-state index contributed by atoms with van der Waals surface area (Å²) >= 11 is 0. The van der Waals surface area contributed by atoms with Crippen LogP contribution in [0.5, 0.6) is 0 Å². The first kappa shape index (κ1) is 42.6. The maximum atomic E-state index is 14.5. The van der Waals surface area contributed by atoms with Crippen molar-refractivity contribution in [3.05, 3.63) is 0 Å². The first-order valence-electron chi connectivity index (χ1n) is 17.5. The molecule has 280 valence electrons. The molecule has 0 aromatic rings. The first-order valence-corrected chi connectivity index (χ1v) is 19.2. The van der Waals surface area contributed by atoms with Crippen LogP contribution in [0.4, 0.5) is 4.79 Å². The molecule has 0 aromatic heterocycles. The number of ketones is 1. The highest BCUT2D eigenvalue weighted by Crippen LogP contribution is 2.40. The molecular weight excluding hydrogens is 659 g/mol. The van der Waals surface area contributed by atoms with Gasteiger partial charge in [-0.15, -0.1) is 18.8 Å². The van der Waals surface area contributed by atoms with Crippen LogP contribution in [0.15, 0.2) is 0 Å². The van der Waals surface area contributed by atoms with Crippen LogP contribution in [-0.4, -0.2) is 90.1 Å². The number of hydrogen-bond acceptors (Lipinski definition) is 7. The molecule has 1 aliphatic carbocycles. The van der Waals surface area contributed by atoms with Crippen LogP contribution in [0.25, 0.3) is 0 Å². The summed E-state index contributed by atoms with van der Waals surface area (Å²) in [4.78, 5) is 69.3. The molecule has 12 nitrogen and oxygen atoms in total. The van der Waals surface area contributed by atoms with Gasteiger partial charge in [0.15, 0.2) is 9.84 Å². The Labute approximate surface area is 299 Å². The molecule has 13 heteroatoms. The second-order valence-electron chi connectivity index (χ2n) is 16.8. The van der Waals surface area contributed by atoms with Crippen molar-refractivity contribution in [1.29, 1.82) is 0 Å². The van der Waals surface area contributed by atoms with Gasteiger partial charge in [0, 0.05) is 13.0 Å². The molecule has 5 amide bonds. The predicted octanol–water partition coefficient (Wildman–Crippen LogP) is 3.10. The minimum atomic E-state index is -3.59. The van der Waals surface area contributed by atoms with Crippen molar-refractivity contribution in [2.75, 3.05) is 18.8 Å². The highest BCUT2D eigenvalue weighted by molar-refractivity contribution is 7.92. The number of terminal acetylenes is 2. The van der Waals surface area contributed by atoms with Gasteiger partial charge in [-0.25, -0.2) is 13.2 Å². The molecule has 0 spiro atoms. The summed E-state index contributed by atoms with van der Waals surface area (Å²) in [6.45, 7) is 16.3. The lowest BCUT2D eigenvalue weighted by atomic mass is 9.71. The summed E-state index contributed by atoms with van der Waals surface area (Å²) in [5.74, 6) is 1.43. The van der Waals surface area contributed by atoms with Crippen LogP contribution in [0.2, 0.25) is 0 Å². The van der Waals surface area contributed by atoms with Crippen molar-refractivity contribution in [1.82, 2.24) is 26.2 Å². The molecule has 2 unspecified atom stereocenters. The van der Waals surface area contributed by atoms with Crippen molar-refractivity contribution in [2.24, 2.45) is 16.7 Å². The normalized spacial score (nSPS) is 21.7. The van der Waals surface area contributed by atoms with E-state index in [0.29, 0.717) is 12.8 Å². The zero-order chi connectivity index (χ0) is 38.3. The average Bonchev–Trinajstić information content (AvgIpc) is 2.99. The van der Waals surface area contributed by atoms with Crippen LogP contribution in [0, 0.1) is 41.4 Å². The van der Waals surface area contributed by atoms with Gasteiger partial charge < -0.3 is 26.2 Å². The lowest BCUT2D eigenvalue weighted by molar-refractivity contribution is -0.151. The molecule has 2 fully saturated rings. The van der Waals surface area contributed by atoms with Gasteiger partial charge >= 0.3 is 6.03 Å². The third-order valence-corrected chi connectivity index (χ3v) is 13.0. The Hall–Kier alpha value is -3.58. The quantitative estimate of drug-likeness (QED) is 0.178. The molecule has 0 aromatic carbocycles. The van der Waals surface area contributed by atoms with Gasteiger partial charge in [0.2, 0.25) is 17.6 Å². The van der Waals surface area contributed by atoms with Gasteiger partial charge in [-0.05, 0) is 63.2 Å². The minimum Gasteiger partial charge on any atom is -0.344 e. The van der Waals surface area contributed by atoms with Crippen LogP contribution < -0.4 is 21.3 Å². The van der Waals surface area contributed by atoms with E-state index in [2.05, 4.69) is 33.1 Å². The second-order valence-corrected chi connectivity index (χ2v) is 19.5. The summed E-state index contributed by atoms with van der Waals surface area (Å²) in [5.41, 5.74) is -2.18. The topological polar surface area (TPSA) is 171 Å². The molecule has 1 saturated heterocycles. The Bertz CT molecular complexity index is 1470. The van der Waals surface area contributed by atoms with Crippen molar-refractivity contribution in [2.45, 2.75) is 142 Å². The van der Waals surface area contributed by atoms with Gasteiger partial charge in [-0.2, -0.15) is 0 Å². The minimum absolute atomic E-state index is 0.00400. The number of carbonyl (C=O) groups is 5. The molecular formula is C37H59N5O7S. The number of Topliss-reactive ketones (excluding diaryl/α,β-unsaturated/α-hetero) is 1. The molecule has 4 atom stereocenters. The van der Waals surface area contributed by atoms with Crippen molar-refractivity contribution < 1.29 is 32.4 Å². The zero-order valence-corrected chi connectivity index (χ0v) is 32.3. The summed E-state index contributed by atoms with van der Waals surface area (Å²) in [6, 6.07) is -4.03. The smallest absolute Gasteiger partial charge is 0.315 e. The van der Waals surface area contributed by atoms with Crippen LogP contribution in [0.3, 0.4) is 0 Å². The van der Waals surface area contributed by atoms with Crippen LogP contribution >= 0.6 is 0 Å². The standard InChI is InChI=1S/C37H59N5O7S/c1-12-14-18-26(28(43)31(45)38-21-13-2)39-30(44)27-22-36(10,11)25(3)23-42(27)32(46)29(34(4,5)6)40-33(47)41-37(19-16-15-17-20-37)24-50(48,49)35(7,8)9/h1-2,25-27,29H,14-24H2,3-11H3,(H,38,45)(H,39,44)(H2,40,41,47)/t25?,26?,27-,29+/m0/s1. The molecule has 1 saturated carbocycles. The van der Waals surface area contributed by atoms with E-state index in [0.717, 1.165) is 19.3 Å². The largest absolute Gasteiger partial charge is 0.344 e. The molecule has 4 N–H and O–H groups in total. The monoisotopic (exact) mass is 717 g/mol. The lowest BCUT2D eigenvalue weighted by Gasteiger charge is -2.49. The Morgan fingerprint density at radius 3 is 2.06 bits per heavy atom. The number of carbonyl (C=O) groups excluding carboxylic acids is 5. The van der Waals surface area contributed by atoms with Gasteiger partial charge in [-0.3, -0.25) is 19.2 Å². The predicted molar refractivity (Wildman–Crippen MR) is 194 cm³/mol. The van der Waals surface area contributed by atoms with Gasteiger partial charge in [0.1, 0.15) is 12.1 Å². The fraction of sp³-hybridized carbons (Fsp3) is 0.757. The second kappa shape index (κ2) is 16.6. The molecule has 2 rings (SSSR count). The number of nitrogens with zero attached hydrogens (tertiary/aromatic N) is 1. The summed E-state index contributed by atoms with van der Waals surface area (Å²) in [7, 11) is -3.59. The van der Waals surface area contributed by atoms with Crippen molar-refractivity contribution >= 4 is 39.4 Å². The zero-order valence-electron chi connectivity index (χ0n) is 31.5. The molecule has 1 aliphatic heterocycles. The summed E-state index contributed by atoms with van der Waals surface area (Å²) < 4.78 is 25.6. The van der Waals surface area contributed by atoms with E-state index in [1.54, 1.807) is 41.5 Å². The number of likely N-dealkylation sites (tertiary alicyclic amines) is 1. The number of piperidine rings is 1. The lowest BCUT2D eigenvalue weighted by Crippen LogP contribution is -2.66. The fourth-order valence-corrected chi connectivity index (χ4v) is 7.96. The van der Waals surface area contributed by atoms with E-state index in [4.69, 9.17) is 12.8 Å². The van der Waals surface area contributed by atoms with Crippen molar-refractivity contribution in [3.63, 3.8) is 0 Å². The summed E-state index contributed by atoms with van der Waals surface area (Å²) in [6.07, 6.45) is 14.4. The Morgan fingerprint density at radius 2 is 1.54 bits per heavy atom. The van der Waals surface area contributed by atoms with Crippen molar-refractivity contribution in [3.8, 4) is 24.7 Å². The van der Waals surface area contributed by atoms with Gasteiger partial charge in [-0.1, -0.05) is 66.7 Å². The maximum absolute atomic E-state index is 14.5. The highest BCUT2D eigenvalue weighted by atomic mass is 32.2. The third kappa shape index (κ3) is 11.0. The number of sulfone groups is 1. The summed E-state index contributed by atoms with van der Waals surface area (Å²) in [5, 5.41) is 10.8. The number of hydrogen-bond donors (Lipinski definition) is 4. The van der Waals surface area contributed by atoms with E-state index in [1.807, 2.05) is 20.8 Å². The van der Waals surface area contributed by atoms with E-state index in [-0.39, 0.29) is 49.4 Å². The average molecular weight is 718 g/mol. The van der Waals surface area contributed by atoms with Gasteiger partial charge in [0.05, 0.1) is 28.6 Å². The van der Waals surface area contributed by atoms with E-state index >= 15 is 0 Å². The van der Waals surface area contributed by atoms with E-state index < -0.39 is 73.2 Å². The number of nitrogens with one attached hydrogen (secondary N) is 4. The first-order chi connectivity index (χ1) is 22.9. The third-order valence-electron chi connectivity index (χ3n) is 10.2. The van der Waals surface area contributed by atoms with Gasteiger partial charge in [0.25, 0.3) is 5.91 Å². The Kier molecular flexibility index (Phi) is 14.2. The number of rotatable bonds is 12. The van der Waals surface area contributed by atoms with Crippen LogP contribution in [-0.2, 0) is 29.0 Å². The maximum Gasteiger partial charge on any atom is 0.315 e.